The van der Waals surface area contributed by atoms with E-state index in [9.17, 15) is 13.6 Å². The van der Waals surface area contributed by atoms with Gasteiger partial charge < -0.3 is 10.6 Å². The van der Waals surface area contributed by atoms with Gasteiger partial charge in [-0.05, 0) is 19.4 Å². The van der Waals surface area contributed by atoms with Crippen LogP contribution in [0.3, 0.4) is 0 Å². The fourth-order valence-electron chi connectivity index (χ4n) is 1.54. The smallest absolute Gasteiger partial charge is 0.221 e. The first-order chi connectivity index (χ1) is 9.02. The molecule has 1 atom stereocenters. The lowest BCUT2D eigenvalue weighted by molar-refractivity contribution is -0.121. The van der Waals surface area contributed by atoms with E-state index in [4.69, 9.17) is 0 Å². The fraction of sp³-hybridized carbons (Fsp3) is 0.500. The number of amides is 1. The summed E-state index contributed by atoms with van der Waals surface area (Å²) >= 11 is 0. The van der Waals surface area contributed by atoms with Gasteiger partial charge in [0.1, 0.15) is 11.6 Å². The van der Waals surface area contributed by atoms with E-state index in [0.717, 1.165) is 12.5 Å². The summed E-state index contributed by atoms with van der Waals surface area (Å²) in [6, 6.07) is 3.64. The van der Waals surface area contributed by atoms with Crippen LogP contribution in [0.5, 0.6) is 0 Å². The van der Waals surface area contributed by atoms with E-state index in [1.165, 1.54) is 12.1 Å². The van der Waals surface area contributed by atoms with E-state index < -0.39 is 11.6 Å². The quantitative estimate of drug-likeness (QED) is 0.747. The summed E-state index contributed by atoms with van der Waals surface area (Å²) in [5, 5.41) is 5.81. The molecule has 0 saturated heterocycles. The average molecular weight is 270 g/mol. The number of rotatable bonds is 7. The zero-order chi connectivity index (χ0) is 14.3. The van der Waals surface area contributed by atoms with Crippen LogP contribution in [-0.4, -0.2) is 18.5 Å². The Labute approximate surface area is 112 Å². The van der Waals surface area contributed by atoms with Crippen molar-refractivity contribution < 1.29 is 13.6 Å². The third-order valence-corrected chi connectivity index (χ3v) is 2.88. The SMILES string of the molecule is CCC(C)NC(=O)CCNCc1ccc(F)cc1F. The van der Waals surface area contributed by atoms with Crippen LogP contribution >= 0.6 is 0 Å². The number of nitrogens with one attached hydrogen (secondary N) is 2. The summed E-state index contributed by atoms with van der Waals surface area (Å²) in [5.74, 6) is -1.19. The van der Waals surface area contributed by atoms with Crippen LogP contribution in [0.1, 0.15) is 32.3 Å². The first-order valence-electron chi connectivity index (χ1n) is 6.47. The topological polar surface area (TPSA) is 41.1 Å². The second-order valence-corrected chi connectivity index (χ2v) is 4.54. The van der Waals surface area contributed by atoms with Crippen molar-refractivity contribution in [3.63, 3.8) is 0 Å². The van der Waals surface area contributed by atoms with Crippen molar-refractivity contribution >= 4 is 5.91 Å². The number of carbonyl (C=O) groups excluding carboxylic acids is 1. The zero-order valence-electron chi connectivity index (χ0n) is 11.3. The van der Waals surface area contributed by atoms with Crippen LogP contribution in [0.2, 0.25) is 0 Å². The summed E-state index contributed by atoms with van der Waals surface area (Å²) in [6.07, 6.45) is 1.23. The number of hydrogen-bond acceptors (Lipinski definition) is 2. The van der Waals surface area contributed by atoms with Crippen molar-refractivity contribution in [3.8, 4) is 0 Å². The van der Waals surface area contributed by atoms with Crippen molar-refractivity contribution in [2.45, 2.75) is 39.3 Å². The van der Waals surface area contributed by atoms with Gasteiger partial charge >= 0.3 is 0 Å². The molecule has 0 heterocycles. The average Bonchev–Trinajstić information content (AvgIpc) is 2.36. The third kappa shape index (κ3) is 5.79. The molecule has 5 heteroatoms. The molecule has 0 aliphatic heterocycles. The monoisotopic (exact) mass is 270 g/mol. The van der Waals surface area contributed by atoms with E-state index in [2.05, 4.69) is 10.6 Å². The maximum Gasteiger partial charge on any atom is 0.221 e. The van der Waals surface area contributed by atoms with Gasteiger partial charge in [-0.1, -0.05) is 13.0 Å². The molecule has 0 aliphatic carbocycles. The molecule has 0 aliphatic rings. The van der Waals surface area contributed by atoms with E-state index in [0.29, 0.717) is 18.5 Å². The zero-order valence-corrected chi connectivity index (χ0v) is 11.3. The molecular formula is C14H20F2N2O. The van der Waals surface area contributed by atoms with Gasteiger partial charge in [-0.25, -0.2) is 8.78 Å². The Kier molecular flexibility index (Phi) is 6.42. The molecule has 1 unspecified atom stereocenters. The van der Waals surface area contributed by atoms with Gasteiger partial charge in [-0.3, -0.25) is 4.79 Å². The molecule has 1 aromatic carbocycles. The third-order valence-electron chi connectivity index (χ3n) is 2.88. The van der Waals surface area contributed by atoms with E-state index in [1.54, 1.807) is 0 Å². The van der Waals surface area contributed by atoms with Gasteiger partial charge in [0.25, 0.3) is 0 Å². The molecule has 3 nitrogen and oxygen atoms in total. The van der Waals surface area contributed by atoms with Crippen molar-refractivity contribution in [1.29, 1.82) is 0 Å². The summed E-state index contributed by atoms with van der Waals surface area (Å²) < 4.78 is 26.0. The largest absolute Gasteiger partial charge is 0.354 e. The number of carbonyl (C=O) groups is 1. The van der Waals surface area contributed by atoms with Crippen LogP contribution in [0.4, 0.5) is 8.78 Å². The molecule has 1 rings (SSSR count). The minimum Gasteiger partial charge on any atom is -0.354 e. The summed E-state index contributed by atoms with van der Waals surface area (Å²) in [7, 11) is 0. The minimum atomic E-state index is -0.589. The van der Waals surface area contributed by atoms with Gasteiger partial charge in [0, 0.05) is 37.2 Å². The molecule has 19 heavy (non-hydrogen) atoms. The Morgan fingerprint density at radius 1 is 1.37 bits per heavy atom. The van der Waals surface area contributed by atoms with Crippen LogP contribution in [0, 0.1) is 11.6 Å². The molecule has 0 spiro atoms. The normalized spacial score (nSPS) is 12.2. The Hall–Kier alpha value is -1.49. The number of benzene rings is 1. The number of halogens is 2. The molecule has 0 bridgehead atoms. The first-order valence-corrected chi connectivity index (χ1v) is 6.47. The highest BCUT2D eigenvalue weighted by Gasteiger charge is 2.06. The predicted octanol–water partition coefficient (Wildman–Crippen LogP) is 2.36. The van der Waals surface area contributed by atoms with Gasteiger partial charge in [-0.2, -0.15) is 0 Å². The predicted molar refractivity (Wildman–Crippen MR) is 70.6 cm³/mol. The summed E-state index contributed by atoms with van der Waals surface area (Å²) in [5.41, 5.74) is 0.392. The Morgan fingerprint density at radius 3 is 2.74 bits per heavy atom. The summed E-state index contributed by atoms with van der Waals surface area (Å²) in [6.45, 7) is 4.68. The highest BCUT2D eigenvalue weighted by molar-refractivity contribution is 5.76. The lowest BCUT2D eigenvalue weighted by atomic mass is 10.2. The summed E-state index contributed by atoms with van der Waals surface area (Å²) in [4.78, 5) is 11.5. The van der Waals surface area contributed by atoms with E-state index in [-0.39, 0.29) is 18.5 Å². The second-order valence-electron chi connectivity index (χ2n) is 4.54. The lowest BCUT2D eigenvalue weighted by Gasteiger charge is -2.11. The lowest BCUT2D eigenvalue weighted by Crippen LogP contribution is -2.33. The standard InChI is InChI=1S/C14H20F2N2O/c1-3-10(2)18-14(19)6-7-17-9-11-4-5-12(15)8-13(11)16/h4-5,8,10,17H,3,6-7,9H2,1-2H3,(H,18,19). The maximum atomic E-state index is 13.3. The second kappa shape index (κ2) is 7.84. The van der Waals surface area contributed by atoms with Gasteiger partial charge in [0.15, 0.2) is 0 Å². The van der Waals surface area contributed by atoms with Crippen LogP contribution in [0.15, 0.2) is 18.2 Å². The van der Waals surface area contributed by atoms with E-state index in [1.807, 2.05) is 13.8 Å². The van der Waals surface area contributed by atoms with Crippen molar-refractivity contribution in [2.75, 3.05) is 6.54 Å². The molecule has 0 saturated carbocycles. The fourth-order valence-corrected chi connectivity index (χ4v) is 1.54. The van der Waals surface area contributed by atoms with Crippen molar-refractivity contribution in [2.24, 2.45) is 0 Å². The maximum absolute atomic E-state index is 13.3. The van der Waals surface area contributed by atoms with Crippen LogP contribution in [-0.2, 0) is 11.3 Å². The molecule has 0 radical (unpaired) electrons. The molecule has 1 aromatic rings. The van der Waals surface area contributed by atoms with Gasteiger partial charge in [-0.15, -0.1) is 0 Å². The minimum absolute atomic E-state index is 0.0265. The molecule has 106 valence electrons. The Morgan fingerprint density at radius 2 is 2.11 bits per heavy atom. The molecular weight excluding hydrogens is 250 g/mol. The Bertz CT molecular complexity index is 424. The van der Waals surface area contributed by atoms with Crippen molar-refractivity contribution in [3.05, 3.63) is 35.4 Å². The highest BCUT2D eigenvalue weighted by atomic mass is 19.1. The highest BCUT2D eigenvalue weighted by Crippen LogP contribution is 2.08. The molecule has 0 aromatic heterocycles. The van der Waals surface area contributed by atoms with E-state index >= 15 is 0 Å². The number of hydrogen-bond donors (Lipinski definition) is 2. The van der Waals surface area contributed by atoms with Crippen LogP contribution in [0.25, 0.3) is 0 Å². The molecule has 1 amide bonds. The van der Waals surface area contributed by atoms with Crippen LogP contribution < -0.4 is 10.6 Å². The van der Waals surface area contributed by atoms with Gasteiger partial charge in [0.2, 0.25) is 5.91 Å². The Balaban J connectivity index is 2.25. The first kappa shape index (κ1) is 15.6. The van der Waals surface area contributed by atoms with Crippen molar-refractivity contribution in [1.82, 2.24) is 10.6 Å². The van der Waals surface area contributed by atoms with Gasteiger partial charge in [0.05, 0.1) is 0 Å². The molecule has 2 N–H and O–H groups in total. The molecule has 0 fully saturated rings.